The van der Waals surface area contributed by atoms with Crippen molar-refractivity contribution in [2.75, 3.05) is 0 Å². The van der Waals surface area contributed by atoms with Crippen molar-refractivity contribution in [1.82, 2.24) is 9.97 Å². The molecule has 5 aromatic rings. The molecule has 5 rings (SSSR count). The van der Waals surface area contributed by atoms with Crippen LogP contribution in [0.15, 0.2) is 95.7 Å². The van der Waals surface area contributed by atoms with Gasteiger partial charge in [-0.25, -0.2) is 0 Å². The molecule has 0 saturated heterocycles. The molecule has 0 atom stereocenters. The van der Waals surface area contributed by atoms with Crippen LogP contribution in [0.25, 0.3) is 44.8 Å². The molecule has 0 fully saturated rings. The molecule has 0 radical (unpaired) electrons. The highest BCUT2D eigenvalue weighted by Crippen LogP contribution is 2.36. The van der Waals surface area contributed by atoms with Gasteiger partial charge in [-0.05, 0) is 55.5 Å². The van der Waals surface area contributed by atoms with Crippen LogP contribution in [0.5, 0.6) is 0 Å². The zero-order chi connectivity index (χ0) is 18.9. The van der Waals surface area contributed by atoms with Crippen molar-refractivity contribution in [2.45, 2.75) is 6.92 Å². The maximum Gasteiger partial charge on any atom is 0.138 e. The normalized spacial score (nSPS) is 11.0. The molecular weight excluding hydrogens is 344 g/mol. The topological polar surface area (TPSA) is 38.9 Å². The molecule has 28 heavy (non-hydrogen) atoms. The van der Waals surface area contributed by atoms with Crippen molar-refractivity contribution in [3.63, 3.8) is 0 Å². The van der Waals surface area contributed by atoms with Gasteiger partial charge < -0.3 is 4.42 Å². The second-order valence-corrected chi connectivity index (χ2v) is 6.78. The van der Waals surface area contributed by atoms with Gasteiger partial charge in [0.2, 0.25) is 0 Å². The van der Waals surface area contributed by atoms with Gasteiger partial charge in [-0.3, -0.25) is 9.97 Å². The summed E-state index contributed by atoms with van der Waals surface area (Å²) in [6.45, 7) is 2.11. The number of aryl methyl sites for hydroxylation is 1. The number of hydrogen-bond donors (Lipinski definition) is 0. The Labute approximate surface area is 163 Å². The lowest BCUT2D eigenvalue weighted by Gasteiger charge is -2.04. The van der Waals surface area contributed by atoms with E-state index in [-0.39, 0.29) is 0 Å². The maximum absolute atomic E-state index is 6.23. The van der Waals surface area contributed by atoms with Gasteiger partial charge in [0.25, 0.3) is 0 Å². The molecule has 3 nitrogen and oxygen atoms in total. The van der Waals surface area contributed by atoms with Crippen LogP contribution in [0, 0.1) is 6.92 Å². The van der Waals surface area contributed by atoms with E-state index in [2.05, 4.69) is 47.2 Å². The molecule has 0 bridgehead atoms. The number of hydrogen-bond acceptors (Lipinski definition) is 3. The van der Waals surface area contributed by atoms with Gasteiger partial charge in [0.05, 0.1) is 11.4 Å². The minimum Gasteiger partial charge on any atom is -0.456 e. The molecule has 0 N–H and O–H groups in total. The monoisotopic (exact) mass is 362 g/mol. The molecule has 2 aromatic carbocycles. The summed E-state index contributed by atoms with van der Waals surface area (Å²) in [5.74, 6) is 0.894. The number of aromatic nitrogens is 2. The lowest BCUT2D eigenvalue weighted by Crippen LogP contribution is -1.84. The third-order valence-corrected chi connectivity index (χ3v) is 4.98. The molecule has 0 aliphatic rings. The van der Waals surface area contributed by atoms with Crippen molar-refractivity contribution < 1.29 is 4.42 Å². The highest BCUT2D eigenvalue weighted by atomic mass is 16.3. The van der Waals surface area contributed by atoms with E-state index in [1.165, 1.54) is 0 Å². The molecule has 0 saturated carbocycles. The third-order valence-electron chi connectivity index (χ3n) is 4.98. The average molecular weight is 362 g/mol. The van der Waals surface area contributed by atoms with Crippen LogP contribution < -0.4 is 0 Å². The Bertz CT molecular complexity index is 1260. The van der Waals surface area contributed by atoms with Crippen LogP contribution in [0.3, 0.4) is 0 Å². The van der Waals surface area contributed by atoms with Gasteiger partial charge in [-0.15, -0.1) is 0 Å². The van der Waals surface area contributed by atoms with Gasteiger partial charge in [0.15, 0.2) is 0 Å². The molecule has 0 amide bonds. The minimum atomic E-state index is 0.885. The van der Waals surface area contributed by atoms with Crippen molar-refractivity contribution in [3.05, 3.63) is 96.8 Å². The fourth-order valence-electron chi connectivity index (χ4n) is 3.54. The number of rotatable bonds is 3. The Morgan fingerprint density at radius 2 is 1.32 bits per heavy atom. The van der Waals surface area contributed by atoms with Crippen LogP contribution in [0.4, 0.5) is 0 Å². The molecule has 0 aliphatic carbocycles. The maximum atomic E-state index is 6.23. The first-order valence-corrected chi connectivity index (χ1v) is 9.26. The summed E-state index contributed by atoms with van der Waals surface area (Å²) in [6, 6.07) is 26.5. The fraction of sp³-hybridized carbons (Fsp3) is 0.0400. The predicted molar refractivity (Wildman–Crippen MR) is 113 cm³/mol. The van der Waals surface area contributed by atoms with Crippen molar-refractivity contribution in [3.8, 4) is 33.8 Å². The van der Waals surface area contributed by atoms with Gasteiger partial charge >= 0.3 is 0 Å². The molecule has 3 heteroatoms. The highest BCUT2D eigenvalue weighted by molar-refractivity contribution is 5.91. The summed E-state index contributed by atoms with van der Waals surface area (Å²) < 4.78 is 6.23. The van der Waals surface area contributed by atoms with E-state index in [9.17, 15) is 0 Å². The second-order valence-electron chi connectivity index (χ2n) is 6.78. The Balaban J connectivity index is 1.61. The Morgan fingerprint density at radius 3 is 2.00 bits per heavy atom. The summed E-state index contributed by atoms with van der Waals surface area (Å²) >= 11 is 0. The van der Waals surface area contributed by atoms with Crippen LogP contribution in [0.1, 0.15) is 5.56 Å². The summed E-state index contributed by atoms with van der Waals surface area (Å²) in [5, 5.41) is 1.11. The molecule has 0 aliphatic heterocycles. The number of benzene rings is 2. The van der Waals surface area contributed by atoms with Gasteiger partial charge in [0, 0.05) is 40.0 Å². The van der Waals surface area contributed by atoms with Gasteiger partial charge in [-0.1, -0.05) is 30.3 Å². The lowest BCUT2D eigenvalue weighted by atomic mass is 10.0. The van der Waals surface area contributed by atoms with E-state index in [1.54, 1.807) is 0 Å². The summed E-state index contributed by atoms with van der Waals surface area (Å²) in [6.07, 6.45) is 3.63. The highest BCUT2D eigenvalue weighted by Gasteiger charge is 2.14. The van der Waals surface area contributed by atoms with E-state index < -0.39 is 0 Å². The van der Waals surface area contributed by atoms with E-state index in [1.807, 2.05) is 60.9 Å². The van der Waals surface area contributed by atoms with Crippen LogP contribution >= 0.6 is 0 Å². The van der Waals surface area contributed by atoms with Crippen molar-refractivity contribution in [1.29, 1.82) is 0 Å². The number of pyridine rings is 2. The quantitative estimate of drug-likeness (QED) is 0.366. The van der Waals surface area contributed by atoms with Crippen molar-refractivity contribution >= 4 is 11.0 Å². The summed E-state index contributed by atoms with van der Waals surface area (Å²) in [4.78, 5) is 8.91. The number of nitrogens with zero attached hydrogens (tertiary/aromatic N) is 2. The first-order chi connectivity index (χ1) is 13.8. The second kappa shape index (κ2) is 6.78. The molecule has 3 aromatic heterocycles. The standard InChI is InChI=1S/C25H18N2O/c1-17-21-16-19(23-10-3-5-14-27-23)11-12-24(21)28-25(17)20-8-6-7-18(15-20)22-9-2-4-13-26-22/h2-16H,1H3. The third kappa shape index (κ3) is 2.87. The SMILES string of the molecule is Cc1c(-c2cccc(-c3ccccn3)c2)oc2ccc(-c3ccccn3)cc12. The Morgan fingerprint density at radius 1 is 0.643 bits per heavy atom. The van der Waals surface area contributed by atoms with Crippen LogP contribution in [-0.2, 0) is 0 Å². The Hall–Kier alpha value is -3.72. The largest absolute Gasteiger partial charge is 0.456 e. The molecule has 134 valence electrons. The molecule has 0 unspecified atom stereocenters. The molecular formula is C25H18N2O. The van der Waals surface area contributed by atoms with Crippen LogP contribution in [0.2, 0.25) is 0 Å². The number of fused-ring (bicyclic) bond motifs is 1. The molecule has 0 spiro atoms. The van der Waals surface area contributed by atoms with Crippen LogP contribution in [-0.4, -0.2) is 9.97 Å². The lowest BCUT2D eigenvalue weighted by molar-refractivity contribution is 0.629. The average Bonchev–Trinajstić information content (AvgIpc) is 3.11. The first-order valence-electron chi connectivity index (χ1n) is 9.26. The summed E-state index contributed by atoms with van der Waals surface area (Å²) in [5.41, 5.74) is 7.15. The zero-order valence-corrected chi connectivity index (χ0v) is 15.5. The summed E-state index contributed by atoms with van der Waals surface area (Å²) in [7, 11) is 0. The predicted octanol–water partition coefficient (Wildman–Crippen LogP) is 6.53. The number of furan rings is 1. The van der Waals surface area contributed by atoms with Gasteiger partial charge in [-0.2, -0.15) is 0 Å². The minimum absolute atomic E-state index is 0.885. The Kier molecular flexibility index (Phi) is 3.99. The van der Waals surface area contributed by atoms with E-state index in [0.29, 0.717) is 0 Å². The van der Waals surface area contributed by atoms with Crippen molar-refractivity contribution in [2.24, 2.45) is 0 Å². The van der Waals surface area contributed by atoms with E-state index in [0.717, 1.165) is 50.4 Å². The smallest absolute Gasteiger partial charge is 0.138 e. The zero-order valence-electron chi connectivity index (χ0n) is 15.5. The van der Waals surface area contributed by atoms with E-state index >= 15 is 0 Å². The molecule has 3 heterocycles. The fourth-order valence-corrected chi connectivity index (χ4v) is 3.54. The van der Waals surface area contributed by atoms with Gasteiger partial charge in [0.1, 0.15) is 11.3 Å². The van der Waals surface area contributed by atoms with E-state index in [4.69, 9.17) is 4.42 Å². The first kappa shape index (κ1) is 16.5.